The number of carbonyl (C=O) groups is 1. The number of carbonyl (C=O) groups excluding carboxylic acids is 1. The molecule has 6 nitrogen and oxygen atoms in total. The highest BCUT2D eigenvalue weighted by Gasteiger charge is 2.31. The molecule has 6 heteroatoms. The van der Waals surface area contributed by atoms with E-state index >= 15 is 0 Å². The number of pyridine rings is 1. The van der Waals surface area contributed by atoms with Gasteiger partial charge in [0.25, 0.3) is 5.91 Å². The van der Waals surface area contributed by atoms with E-state index in [1.807, 2.05) is 53.4 Å². The minimum atomic E-state index is -0.0826. The highest BCUT2D eigenvalue weighted by atomic mass is 16.2. The van der Waals surface area contributed by atoms with Gasteiger partial charge in [-0.25, -0.2) is 9.97 Å². The molecule has 1 N–H and O–H groups in total. The summed E-state index contributed by atoms with van der Waals surface area (Å²) >= 11 is 0. The van der Waals surface area contributed by atoms with Crippen LogP contribution in [0.3, 0.4) is 0 Å². The quantitative estimate of drug-likeness (QED) is 0.571. The third kappa shape index (κ3) is 3.08. The maximum atomic E-state index is 13.1. The zero-order valence-corrected chi connectivity index (χ0v) is 15.9. The van der Waals surface area contributed by atoms with E-state index in [4.69, 9.17) is 0 Å². The fourth-order valence-electron chi connectivity index (χ4n) is 3.84. The Labute approximate surface area is 168 Å². The SMILES string of the molecule is CC1Cc2ccccc2N1C(=O)c1cnc(Nc2cccc3cccnc23)nc1. The van der Waals surface area contributed by atoms with Crippen molar-refractivity contribution in [2.24, 2.45) is 0 Å². The number of amides is 1. The van der Waals surface area contributed by atoms with Gasteiger partial charge in [-0.05, 0) is 37.1 Å². The van der Waals surface area contributed by atoms with Crippen molar-refractivity contribution in [3.63, 3.8) is 0 Å². The molecule has 1 amide bonds. The Bertz CT molecular complexity index is 1200. The van der Waals surface area contributed by atoms with Crippen LogP contribution in [0.15, 0.2) is 73.2 Å². The number of nitrogens with one attached hydrogen (secondary N) is 1. The standard InChI is InChI=1S/C23H19N5O/c1-15-12-17-6-2-3-10-20(17)28(15)22(29)18-13-25-23(26-14-18)27-19-9-4-7-16-8-5-11-24-21(16)19/h2-11,13-15H,12H2,1H3,(H,25,26,27). The minimum absolute atomic E-state index is 0.0826. The van der Waals surface area contributed by atoms with E-state index in [9.17, 15) is 4.79 Å². The molecule has 1 atom stereocenters. The first-order valence-electron chi connectivity index (χ1n) is 9.55. The fraction of sp³-hybridized carbons (Fsp3) is 0.130. The van der Waals surface area contributed by atoms with Crippen LogP contribution in [-0.2, 0) is 6.42 Å². The molecule has 0 saturated heterocycles. The molecule has 142 valence electrons. The van der Waals surface area contributed by atoms with Crippen molar-refractivity contribution >= 4 is 34.1 Å². The highest BCUT2D eigenvalue weighted by Crippen LogP contribution is 2.33. The van der Waals surface area contributed by atoms with E-state index in [1.165, 1.54) is 5.56 Å². The van der Waals surface area contributed by atoms with Crippen LogP contribution in [0, 0.1) is 0 Å². The zero-order chi connectivity index (χ0) is 19.8. The van der Waals surface area contributed by atoms with Gasteiger partial charge in [0.2, 0.25) is 5.95 Å². The van der Waals surface area contributed by atoms with E-state index in [2.05, 4.69) is 33.3 Å². The van der Waals surface area contributed by atoms with Crippen LogP contribution in [0.25, 0.3) is 10.9 Å². The second kappa shape index (κ2) is 6.98. The molecule has 5 rings (SSSR count). The monoisotopic (exact) mass is 381 g/mol. The highest BCUT2D eigenvalue weighted by molar-refractivity contribution is 6.07. The Balaban J connectivity index is 1.40. The van der Waals surface area contributed by atoms with Crippen molar-refractivity contribution in [3.05, 3.63) is 84.3 Å². The molecule has 0 bridgehead atoms. The van der Waals surface area contributed by atoms with E-state index in [1.54, 1.807) is 18.6 Å². The van der Waals surface area contributed by atoms with Gasteiger partial charge in [-0.3, -0.25) is 9.78 Å². The number of hydrogen-bond acceptors (Lipinski definition) is 5. The Morgan fingerprint density at radius 3 is 2.66 bits per heavy atom. The Morgan fingerprint density at radius 2 is 1.79 bits per heavy atom. The molecule has 0 spiro atoms. The molecule has 0 fully saturated rings. The van der Waals surface area contributed by atoms with Gasteiger partial charge < -0.3 is 10.2 Å². The summed E-state index contributed by atoms with van der Waals surface area (Å²) < 4.78 is 0. The second-order valence-corrected chi connectivity index (χ2v) is 7.16. The number of fused-ring (bicyclic) bond motifs is 2. The molecule has 4 aromatic rings. The molecule has 2 aromatic heterocycles. The smallest absolute Gasteiger partial charge is 0.261 e. The average Bonchev–Trinajstić information content (AvgIpc) is 3.10. The van der Waals surface area contributed by atoms with Crippen LogP contribution in [0.1, 0.15) is 22.8 Å². The predicted octanol–water partition coefficient (Wildman–Crippen LogP) is 4.36. The second-order valence-electron chi connectivity index (χ2n) is 7.16. The summed E-state index contributed by atoms with van der Waals surface area (Å²) in [6.45, 7) is 2.06. The third-order valence-electron chi connectivity index (χ3n) is 5.20. The molecule has 3 heterocycles. The van der Waals surface area contributed by atoms with Crippen molar-refractivity contribution in [1.82, 2.24) is 15.0 Å². The summed E-state index contributed by atoms with van der Waals surface area (Å²) in [4.78, 5) is 28.0. The summed E-state index contributed by atoms with van der Waals surface area (Å²) in [5.74, 6) is 0.343. The van der Waals surface area contributed by atoms with Gasteiger partial charge in [-0.1, -0.05) is 36.4 Å². The summed E-state index contributed by atoms with van der Waals surface area (Å²) in [6, 6.07) is 17.9. The number of hydrogen-bond donors (Lipinski definition) is 1. The molecule has 0 radical (unpaired) electrons. The molecule has 1 unspecified atom stereocenters. The van der Waals surface area contributed by atoms with Crippen LogP contribution in [0.4, 0.5) is 17.3 Å². The van der Waals surface area contributed by atoms with Gasteiger partial charge in [-0.15, -0.1) is 0 Å². The number of rotatable bonds is 3. The van der Waals surface area contributed by atoms with Crippen LogP contribution in [0.5, 0.6) is 0 Å². The van der Waals surface area contributed by atoms with Gasteiger partial charge in [0.15, 0.2) is 0 Å². The summed E-state index contributed by atoms with van der Waals surface area (Å²) in [7, 11) is 0. The van der Waals surface area contributed by atoms with Crippen molar-refractivity contribution in [2.45, 2.75) is 19.4 Å². The lowest BCUT2D eigenvalue weighted by atomic mass is 10.1. The number of para-hydroxylation sites is 2. The van der Waals surface area contributed by atoms with Crippen molar-refractivity contribution in [1.29, 1.82) is 0 Å². The lowest BCUT2D eigenvalue weighted by Crippen LogP contribution is -2.35. The van der Waals surface area contributed by atoms with E-state index < -0.39 is 0 Å². The van der Waals surface area contributed by atoms with Crippen LogP contribution in [0.2, 0.25) is 0 Å². The van der Waals surface area contributed by atoms with E-state index in [-0.39, 0.29) is 11.9 Å². The maximum absolute atomic E-state index is 13.1. The first-order chi connectivity index (χ1) is 14.2. The van der Waals surface area contributed by atoms with Gasteiger partial charge in [-0.2, -0.15) is 0 Å². The normalized spacial score (nSPS) is 15.3. The predicted molar refractivity (Wildman–Crippen MR) is 113 cm³/mol. The lowest BCUT2D eigenvalue weighted by molar-refractivity contribution is 0.0981. The number of nitrogens with zero attached hydrogens (tertiary/aromatic N) is 4. The van der Waals surface area contributed by atoms with Crippen molar-refractivity contribution in [2.75, 3.05) is 10.2 Å². The van der Waals surface area contributed by atoms with Crippen LogP contribution in [-0.4, -0.2) is 26.9 Å². The summed E-state index contributed by atoms with van der Waals surface area (Å²) in [6.07, 6.45) is 5.76. The zero-order valence-electron chi connectivity index (χ0n) is 15.9. The van der Waals surface area contributed by atoms with Crippen LogP contribution < -0.4 is 10.2 Å². The van der Waals surface area contributed by atoms with E-state index in [0.29, 0.717) is 11.5 Å². The number of aromatic nitrogens is 3. The fourth-order valence-corrected chi connectivity index (χ4v) is 3.84. The molecule has 2 aromatic carbocycles. The first-order valence-corrected chi connectivity index (χ1v) is 9.55. The molecule has 29 heavy (non-hydrogen) atoms. The first kappa shape index (κ1) is 17.3. The van der Waals surface area contributed by atoms with Crippen molar-refractivity contribution < 1.29 is 4.79 Å². The number of anilines is 3. The number of benzene rings is 2. The van der Waals surface area contributed by atoms with E-state index in [0.717, 1.165) is 28.7 Å². The maximum Gasteiger partial charge on any atom is 0.261 e. The molecule has 0 aliphatic carbocycles. The third-order valence-corrected chi connectivity index (χ3v) is 5.20. The Hall–Kier alpha value is -3.80. The van der Waals surface area contributed by atoms with Gasteiger partial charge in [0, 0.05) is 35.7 Å². The lowest BCUT2D eigenvalue weighted by Gasteiger charge is -2.22. The molecule has 1 aliphatic rings. The summed E-state index contributed by atoms with van der Waals surface area (Å²) in [5.41, 5.74) is 4.30. The Kier molecular flexibility index (Phi) is 4.17. The average molecular weight is 381 g/mol. The molecular formula is C23H19N5O. The summed E-state index contributed by atoms with van der Waals surface area (Å²) in [5, 5.41) is 4.23. The molecule has 1 aliphatic heterocycles. The van der Waals surface area contributed by atoms with Gasteiger partial charge in [0.1, 0.15) is 0 Å². The largest absolute Gasteiger partial charge is 0.322 e. The minimum Gasteiger partial charge on any atom is -0.322 e. The van der Waals surface area contributed by atoms with Crippen molar-refractivity contribution in [3.8, 4) is 0 Å². The van der Waals surface area contributed by atoms with Gasteiger partial charge in [0.05, 0.1) is 16.8 Å². The topological polar surface area (TPSA) is 71.0 Å². The van der Waals surface area contributed by atoms with Crippen LogP contribution >= 0.6 is 0 Å². The molecular weight excluding hydrogens is 362 g/mol. The Morgan fingerprint density at radius 1 is 1.00 bits per heavy atom. The molecule has 0 saturated carbocycles. The van der Waals surface area contributed by atoms with Gasteiger partial charge >= 0.3 is 0 Å².